The minimum absolute atomic E-state index is 0.0675. The number of rotatable bonds is 1. The quantitative estimate of drug-likeness (QED) is 0.423. The Hall–Kier alpha value is -2.77. The summed E-state index contributed by atoms with van der Waals surface area (Å²) in [7, 11) is 1.68. The summed E-state index contributed by atoms with van der Waals surface area (Å²) in [6, 6.07) is 10.3. The number of ether oxygens (including phenoxy) is 1. The summed E-state index contributed by atoms with van der Waals surface area (Å²) in [6.07, 6.45) is 3.02. The van der Waals surface area contributed by atoms with Gasteiger partial charge in [0.1, 0.15) is 16.9 Å². The van der Waals surface area contributed by atoms with Gasteiger partial charge in [-0.05, 0) is 43.5 Å². The zero-order chi connectivity index (χ0) is 16.7. The normalized spacial score (nSPS) is 15.7. The lowest BCUT2D eigenvalue weighted by atomic mass is 9.80. The molecule has 0 radical (unpaired) electrons. The molecule has 0 saturated heterocycles. The van der Waals surface area contributed by atoms with E-state index in [1.165, 1.54) is 6.07 Å². The molecular weight excluding hydrogens is 304 g/mol. The Balaban J connectivity index is 1.86. The number of phenols is 1. The smallest absolute Gasteiger partial charge is 0.344 e. The zero-order valence-electron chi connectivity index (χ0n) is 13.3. The SMILES string of the molecule is COC1(C#Cc2ccc3c(c2)c(=O)oc2cc(O)ccc23)CCC1. The van der Waals surface area contributed by atoms with E-state index in [2.05, 4.69) is 11.8 Å². The lowest BCUT2D eigenvalue weighted by molar-refractivity contribution is -0.0215. The van der Waals surface area contributed by atoms with Gasteiger partial charge in [0.05, 0.1) is 5.39 Å². The Bertz CT molecular complexity index is 1060. The molecule has 1 saturated carbocycles. The van der Waals surface area contributed by atoms with E-state index in [1.54, 1.807) is 25.3 Å². The molecule has 1 heterocycles. The van der Waals surface area contributed by atoms with Crippen LogP contribution in [0, 0.1) is 11.8 Å². The number of hydrogen-bond donors (Lipinski definition) is 1. The van der Waals surface area contributed by atoms with Crippen molar-refractivity contribution in [2.24, 2.45) is 0 Å². The van der Waals surface area contributed by atoms with Crippen molar-refractivity contribution in [2.45, 2.75) is 24.9 Å². The molecule has 24 heavy (non-hydrogen) atoms. The van der Waals surface area contributed by atoms with Gasteiger partial charge in [0, 0.05) is 29.5 Å². The van der Waals surface area contributed by atoms with E-state index >= 15 is 0 Å². The topological polar surface area (TPSA) is 59.7 Å². The van der Waals surface area contributed by atoms with Gasteiger partial charge in [0.15, 0.2) is 0 Å². The maximum atomic E-state index is 12.3. The van der Waals surface area contributed by atoms with Crippen molar-refractivity contribution >= 4 is 21.7 Å². The Kier molecular flexibility index (Phi) is 3.33. The molecule has 2 aromatic carbocycles. The van der Waals surface area contributed by atoms with Crippen molar-refractivity contribution in [2.75, 3.05) is 7.11 Å². The van der Waals surface area contributed by atoms with Gasteiger partial charge < -0.3 is 14.3 Å². The average molecular weight is 320 g/mol. The number of methoxy groups -OCH3 is 1. The molecule has 1 aliphatic carbocycles. The van der Waals surface area contributed by atoms with Crippen LogP contribution >= 0.6 is 0 Å². The molecule has 1 N–H and O–H groups in total. The molecule has 0 atom stereocenters. The molecule has 1 aromatic heterocycles. The standard InChI is InChI=1S/C20H16O4/c1-23-20(8-2-9-20)10-7-13-3-5-15-16-6-4-14(21)12-18(16)24-19(22)17(15)11-13/h3-6,11-12,21H,2,8-9H2,1H3. The molecule has 0 amide bonds. The number of fused-ring (bicyclic) bond motifs is 3. The molecule has 1 aliphatic rings. The van der Waals surface area contributed by atoms with E-state index in [9.17, 15) is 9.90 Å². The van der Waals surface area contributed by atoms with Crippen LogP contribution in [0.2, 0.25) is 0 Å². The van der Waals surface area contributed by atoms with Crippen LogP contribution in [0.5, 0.6) is 5.75 Å². The lowest BCUT2D eigenvalue weighted by Gasteiger charge is -2.35. The van der Waals surface area contributed by atoms with E-state index in [1.807, 2.05) is 12.1 Å². The number of aromatic hydroxyl groups is 1. The van der Waals surface area contributed by atoms with Crippen molar-refractivity contribution in [3.63, 3.8) is 0 Å². The van der Waals surface area contributed by atoms with Crippen molar-refractivity contribution in [1.29, 1.82) is 0 Å². The molecule has 0 unspecified atom stereocenters. The zero-order valence-corrected chi connectivity index (χ0v) is 13.3. The molecule has 4 nitrogen and oxygen atoms in total. The van der Waals surface area contributed by atoms with Gasteiger partial charge in [0.2, 0.25) is 0 Å². The number of phenolic OH excluding ortho intramolecular Hbond substituents is 1. The first kappa shape index (κ1) is 14.8. The first-order chi connectivity index (χ1) is 11.6. The van der Waals surface area contributed by atoms with Gasteiger partial charge in [0.25, 0.3) is 0 Å². The lowest BCUT2D eigenvalue weighted by Crippen LogP contribution is -2.37. The van der Waals surface area contributed by atoms with Crippen LogP contribution in [-0.4, -0.2) is 17.8 Å². The van der Waals surface area contributed by atoms with E-state index in [-0.39, 0.29) is 11.4 Å². The molecule has 120 valence electrons. The van der Waals surface area contributed by atoms with Crippen molar-refractivity contribution in [1.82, 2.24) is 0 Å². The maximum Gasteiger partial charge on any atom is 0.344 e. The van der Waals surface area contributed by atoms with E-state index < -0.39 is 5.63 Å². The molecular formula is C20H16O4. The molecule has 0 bridgehead atoms. The fourth-order valence-electron chi connectivity index (χ4n) is 3.06. The predicted octanol–water partition coefficient (Wildman–Crippen LogP) is 3.57. The molecule has 3 aromatic rings. The Morgan fingerprint density at radius 3 is 2.62 bits per heavy atom. The first-order valence-electron chi connectivity index (χ1n) is 7.88. The molecule has 0 spiro atoms. The molecule has 0 aliphatic heterocycles. The minimum Gasteiger partial charge on any atom is -0.508 e. The molecule has 4 rings (SSSR count). The summed E-state index contributed by atoms with van der Waals surface area (Å²) in [5, 5.41) is 11.6. The van der Waals surface area contributed by atoms with Gasteiger partial charge in [-0.2, -0.15) is 0 Å². The van der Waals surface area contributed by atoms with Crippen molar-refractivity contribution in [3.05, 3.63) is 52.4 Å². The summed E-state index contributed by atoms with van der Waals surface area (Å²) in [6.45, 7) is 0. The van der Waals surface area contributed by atoms with Gasteiger partial charge in [-0.1, -0.05) is 17.9 Å². The highest BCUT2D eigenvalue weighted by molar-refractivity contribution is 6.04. The van der Waals surface area contributed by atoms with Gasteiger partial charge in [-0.3, -0.25) is 0 Å². The van der Waals surface area contributed by atoms with Crippen LogP contribution in [0.3, 0.4) is 0 Å². The monoisotopic (exact) mass is 320 g/mol. The first-order valence-corrected chi connectivity index (χ1v) is 7.88. The Morgan fingerprint density at radius 2 is 1.92 bits per heavy atom. The molecule has 1 fully saturated rings. The van der Waals surface area contributed by atoms with Crippen LogP contribution < -0.4 is 5.63 Å². The van der Waals surface area contributed by atoms with E-state index in [0.717, 1.165) is 35.6 Å². The van der Waals surface area contributed by atoms with Crippen molar-refractivity contribution in [3.8, 4) is 17.6 Å². The Labute approximate surface area is 138 Å². The van der Waals surface area contributed by atoms with Crippen molar-refractivity contribution < 1.29 is 14.3 Å². The highest BCUT2D eigenvalue weighted by atomic mass is 16.5. The van der Waals surface area contributed by atoms with Crippen LogP contribution in [-0.2, 0) is 4.74 Å². The fraction of sp³-hybridized carbons (Fsp3) is 0.250. The Morgan fingerprint density at radius 1 is 1.12 bits per heavy atom. The summed E-state index contributed by atoms with van der Waals surface area (Å²) in [5.74, 6) is 6.38. The van der Waals surface area contributed by atoms with Crippen LogP contribution in [0.4, 0.5) is 0 Å². The second-order valence-electron chi connectivity index (χ2n) is 6.13. The highest BCUT2D eigenvalue weighted by Crippen LogP contribution is 2.34. The third-order valence-corrected chi connectivity index (χ3v) is 4.68. The number of hydrogen-bond acceptors (Lipinski definition) is 4. The second kappa shape index (κ2) is 5.40. The summed E-state index contributed by atoms with van der Waals surface area (Å²) in [5.41, 5.74) is 0.368. The second-order valence-corrected chi connectivity index (χ2v) is 6.13. The fourth-order valence-corrected chi connectivity index (χ4v) is 3.06. The predicted molar refractivity (Wildman–Crippen MR) is 92.1 cm³/mol. The van der Waals surface area contributed by atoms with Gasteiger partial charge in [-0.15, -0.1) is 0 Å². The summed E-state index contributed by atoms with van der Waals surface area (Å²) < 4.78 is 10.8. The minimum atomic E-state index is -0.433. The largest absolute Gasteiger partial charge is 0.508 e. The third-order valence-electron chi connectivity index (χ3n) is 4.68. The van der Waals surface area contributed by atoms with Gasteiger partial charge in [-0.25, -0.2) is 4.79 Å². The third kappa shape index (κ3) is 2.34. The number of benzene rings is 2. The molecule has 4 heteroatoms. The highest BCUT2D eigenvalue weighted by Gasteiger charge is 2.34. The van der Waals surface area contributed by atoms with Crippen LogP contribution in [0.1, 0.15) is 24.8 Å². The average Bonchev–Trinajstić information content (AvgIpc) is 2.54. The maximum absolute atomic E-state index is 12.3. The summed E-state index contributed by atoms with van der Waals surface area (Å²) >= 11 is 0. The van der Waals surface area contributed by atoms with Crippen LogP contribution in [0.25, 0.3) is 21.7 Å². The summed E-state index contributed by atoms with van der Waals surface area (Å²) in [4.78, 5) is 12.3. The van der Waals surface area contributed by atoms with Gasteiger partial charge >= 0.3 is 5.63 Å². The van der Waals surface area contributed by atoms with Crippen LogP contribution in [0.15, 0.2) is 45.6 Å². The van der Waals surface area contributed by atoms with E-state index in [0.29, 0.717) is 11.0 Å². The van der Waals surface area contributed by atoms with E-state index in [4.69, 9.17) is 9.15 Å².